The molecule has 6 rings (SSSR count). The van der Waals surface area contributed by atoms with E-state index < -0.39 is 0 Å². The molecule has 1 saturated carbocycles. The number of nitrogens with zero attached hydrogens (tertiary/aromatic N) is 4. The largest absolute Gasteiger partial charge is 0.348 e. The van der Waals surface area contributed by atoms with Crippen molar-refractivity contribution in [3.63, 3.8) is 0 Å². The van der Waals surface area contributed by atoms with Crippen LogP contribution < -0.4 is 10.6 Å². The molecule has 6 unspecified atom stereocenters. The molecule has 0 aromatic heterocycles. The van der Waals surface area contributed by atoms with Crippen LogP contribution in [0.1, 0.15) is 44.1 Å². The van der Waals surface area contributed by atoms with Crippen molar-refractivity contribution in [1.29, 1.82) is 5.26 Å². The lowest BCUT2D eigenvalue weighted by Crippen LogP contribution is -2.72. The highest BCUT2D eigenvalue weighted by molar-refractivity contribution is 8.01. The molecule has 40 heavy (non-hydrogen) atoms. The van der Waals surface area contributed by atoms with Gasteiger partial charge in [0, 0.05) is 47.3 Å². The van der Waals surface area contributed by atoms with Crippen LogP contribution in [0, 0.1) is 23.1 Å². The third kappa shape index (κ3) is 5.57. The molecule has 1 aromatic carbocycles. The summed E-state index contributed by atoms with van der Waals surface area (Å²) in [7, 11) is 2.17. The van der Waals surface area contributed by atoms with Crippen LogP contribution in [0.5, 0.6) is 0 Å². The van der Waals surface area contributed by atoms with E-state index in [-0.39, 0.29) is 41.1 Å². The fourth-order valence-corrected chi connectivity index (χ4v) is 9.31. The van der Waals surface area contributed by atoms with Gasteiger partial charge in [-0.1, -0.05) is 12.6 Å². The summed E-state index contributed by atoms with van der Waals surface area (Å²) >= 11 is 1.86. The molecule has 1 aliphatic carbocycles. The van der Waals surface area contributed by atoms with Crippen LogP contribution in [0.25, 0.3) is 0 Å². The Balaban J connectivity index is 1.20. The van der Waals surface area contributed by atoms with Crippen LogP contribution in [0.2, 0.25) is 0 Å². The molecule has 4 heterocycles. The van der Waals surface area contributed by atoms with Gasteiger partial charge < -0.3 is 14.5 Å². The molecule has 0 radical (unpaired) electrons. The number of ether oxygens (including phenoxy) is 1. The van der Waals surface area contributed by atoms with E-state index >= 15 is 0 Å². The Bertz CT molecular complexity index is 1160. The number of hydrogen-bond donors (Lipinski definition) is 2. The molecule has 2 N–H and O–H groups in total. The highest BCUT2D eigenvalue weighted by Crippen LogP contribution is 2.54. The minimum atomic E-state index is -0.274. The van der Waals surface area contributed by atoms with Crippen molar-refractivity contribution in [1.82, 2.24) is 25.3 Å². The van der Waals surface area contributed by atoms with Gasteiger partial charge in [-0.2, -0.15) is 5.26 Å². The maximum atomic E-state index is 14.0. The number of amides is 1. The van der Waals surface area contributed by atoms with E-state index in [0.29, 0.717) is 38.1 Å². The summed E-state index contributed by atoms with van der Waals surface area (Å²) in [6.07, 6.45) is 7.92. The minimum Gasteiger partial charge on any atom is -0.348 e. The number of carbonyl (C=O) groups excluding carboxylic acids is 1. The average Bonchev–Trinajstić information content (AvgIpc) is 3.52. The van der Waals surface area contributed by atoms with Gasteiger partial charge in [-0.15, -0.1) is 11.8 Å². The zero-order valence-corrected chi connectivity index (χ0v) is 24.2. The Morgan fingerprint density at radius 1 is 1.30 bits per heavy atom. The monoisotopic (exact) mass is 568 g/mol. The molecule has 1 spiro atoms. The number of rotatable bonds is 6. The summed E-state index contributed by atoms with van der Waals surface area (Å²) in [6.45, 7) is 7.43. The van der Waals surface area contributed by atoms with Crippen molar-refractivity contribution in [2.45, 2.75) is 85.2 Å². The number of thioether (sulfide) groups is 1. The van der Waals surface area contributed by atoms with Crippen molar-refractivity contribution in [3.8, 4) is 6.07 Å². The number of likely N-dealkylation sites (N-methyl/N-ethyl adjacent to an activating group) is 1. The molecule has 8 nitrogen and oxygen atoms in total. The molecule has 1 amide bonds. The van der Waals surface area contributed by atoms with Gasteiger partial charge in [-0.25, -0.2) is 4.39 Å². The van der Waals surface area contributed by atoms with Crippen molar-refractivity contribution in [2.75, 3.05) is 39.8 Å². The second-order valence-corrected chi connectivity index (χ2v) is 13.8. The first-order valence-electron chi connectivity index (χ1n) is 14.7. The predicted molar refractivity (Wildman–Crippen MR) is 153 cm³/mol. The van der Waals surface area contributed by atoms with Crippen LogP contribution in [0.15, 0.2) is 35.7 Å². The number of likely N-dealkylation sites (tertiary alicyclic amines) is 1. The van der Waals surface area contributed by atoms with Crippen LogP contribution in [0.4, 0.5) is 4.39 Å². The van der Waals surface area contributed by atoms with Gasteiger partial charge in [-0.05, 0) is 75.9 Å². The smallest absolute Gasteiger partial charge is 0.246 e. The van der Waals surface area contributed by atoms with Crippen LogP contribution >= 0.6 is 11.8 Å². The Kier molecular flexibility index (Phi) is 8.23. The molecular weight excluding hydrogens is 527 g/mol. The first kappa shape index (κ1) is 28.1. The first-order valence-corrected chi connectivity index (χ1v) is 15.5. The molecule has 10 heteroatoms. The fraction of sp³-hybridized carbons (Fsp3) is 0.667. The van der Waals surface area contributed by atoms with Crippen molar-refractivity contribution < 1.29 is 13.9 Å². The summed E-state index contributed by atoms with van der Waals surface area (Å²) in [5.41, 5.74) is 1.26. The Morgan fingerprint density at radius 2 is 2.17 bits per heavy atom. The number of fused-ring (bicyclic) bond motifs is 2. The third-order valence-electron chi connectivity index (χ3n) is 9.82. The maximum Gasteiger partial charge on any atom is 0.246 e. The number of nitriles is 1. The van der Waals surface area contributed by atoms with Gasteiger partial charge in [0.1, 0.15) is 5.82 Å². The fourth-order valence-electron chi connectivity index (χ4n) is 7.69. The molecule has 4 fully saturated rings. The molecule has 4 aliphatic heterocycles. The highest BCUT2D eigenvalue weighted by Gasteiger charge is 2.51. The standard InChI is InChI=1S/C30H41FN6O2S/c1-3-27(38)37-14-13-36(18-22(37)9-11-32)28-24-8-10-30(16-20-6-7-21(31)15-26(20)40-30)17-25(24)33-29(34-28)39-19-23-5-4-12-35(23)2/h3,6-7,15,22-25,28-29,33-34H,1,4-5,8-10,12-14,16-19H2,2H3/t22?,23?,24?,25?,28?,29?,30-/m1/s1. The van der Waals surface area contributed by atoms with Crippen LogP contribution in [-0.4, -0.2) is 95.8 Å². The summed E-state index contributed by atoms with van der Waals surface area (Å²) in [4.78, 5) is 20.2. The van der Waals surface area contributed by atoms with E-state index in [1.165, 1.54) is 18.1 Å². The average molecular weight is 569 g/mol. The number of nitrogens with one attached hydrogen (secondary N) is 2. The Hall–Kier alpha value is -2.00. The Morgan fingerprint density at radius 3 is 2.95 bits per heavy atom. The third-order valence-corrected chi connectivity index (χ3v) is 11.4. The highest BCUT2D eigenvalue weighted by atomic mass is 32.2. The number of piperazine rings is 1. The van der Waals surface area contributed by atoms with Crippen LogP contribution in [0.3, 0.4) is 0 Å². The van der Waals surface area contributed by atoms with E-state index in [1.807, 2.05) is 17.8 Å². The normalized spacial score (nSPS) is 36.3. The Labute approximate surface area is 241 Å². The summed E-state index contributed by atoms with van der Waals surface area (Å²) < 4.78 is 20.6. The quantitative estimate of drug-likeness (QED) is 0.507. The van der Waals surface area contributed by atoms with Crippen molar-refractivity contribution in [2.24, 2.45) is 5.92 Å². The molecule has 0 bridgehead atoms. The second-order valence-electron chi connectivity index (χ2n) is 12.2. The predicted octanol–water partition coefficient (Wildman–Crippen LogP) is 2.91. The maximum absolute atomic E-state index is 14.0. The molecule has 5 aliphatic rings. The van der Waals surface area contributed by atoms with Gasteiger partial charge in [0.25, 0.3) is 0 Å². The molecule has 3 saturated heterocycles. The van der Waals surface area contributed by atoms with E-state index in [9.17, 15) is 14.4 Å². The van der Waals surface area contributed by atoms with E-state index in [0.717, 1.165) is 50.1 Å². The van der Waals surface area contributed by atoms with E-state index in [4.69, 9.17) is 4.74 Å². The van der Waals surface area contributed by atoms with Gasteiger partial charge in [0.15, 0.2) is 6.35 Å². The second kappa shape index (κ2) is 11.7. The summed E-state index contributed by atoms with van der Waals surface area (Å²) in [6, 6.07) is 8.06. The molecule has 7 atom stereocenters. The zero-order chi connectivity index (χ0) is 27.9. The zero-order valence-electron chi connectivity index (χ0n) is 23.4. The molecule has 216 valence electrons. The number of carbonyl (C=O) groups is 1. The topological polar surface area (TPSA) is 83.9 Å². The summed E-state index contributed by atoms with van der Waals surface area (Å²) in [5, 5.41) is 17.1. The lowest BCUT2D eigenvalue weighted by atomic mass is 9.73. The first-order chi connectivity index (χ1) is 19.4. The van der Waals surface area contributed by atoms with Crippen LogP contribution in [-0.2, 0) is 16.0 Å². The van der Waals surface area contributed by atoms with Crippen molar-refractivity contribution >= 4 is 17.7 Å². The van der Waals surface area contributed by atoms with Gasteiger partial charge in [0.05, 0.1) is 31.3 Å². The minimum absolute atomic E-state index is 0.0703. The SMILES string of the molecule is C=CC(=O)N1CCN(C2NC(OCC3CCCN3C)NC3C[C@@]4(CCC32)Cc2ccc(F)cc2S4)CC1CC#N. The van der Waals surface area contributed by atoms with Crippen molar-refractivity contribution in [3.05, 3.63) is 42.2 Å². The number of halogens is 1. The summed E-state index contributed by atoms with van der Waals surface area (Å²) in [5.74, 6) is 0.0975. The lowest BCUT2D eigenvalue weighted by molar-refractivity contribution is -0.135. The van der Waals surface area contributed by atoms with Gasteiger partial charge >= 0.3 is 0 Å². The van der Waals surface area contributed by atoms with Gasteiger partial charge in [0.2, 0.25) is 5.91 Å². The number of hydrogen-bond acceptors (Lipinski definition) is 8. The lowest BCUT2D eigenvalue weighted by Gasteiger charge is -2.55. The van der Waals surface area contributed by atoms with E-state index in [1.54, 1.807) is 17.0 Å². The molecular formula is C30H41FN6O2S. The van der Waals surface area contributed by atoms with Gasteiger partial charge in [-0.3, -0.25) is 20.3 Å². The number of benzene rings is 1. The molecule has 1 aromatic rings. The van der Waals surface area contributed by atoms with E-state index in [2.05, 4.69) is 40.1 Å².